The van der Waals surface area contributed by atoms with Gasteiger partial charge in [0.2, 0.25) is 0 Å². The summed E-state index contributed by atoms with van der Waals surface area (Å²) >= 11 is 7.48. The molecule has 0 unspecified atom stereocenters. The van der Waals surface area contributed by atoms with Crippen LogP contribution in [0.5, 0.6) is 0 Å². The molecule has 0 saturated carbocycles. The average molecular weight is 110 g/mol. The number of methoxy groups -OCH3 is 1. The molecule has 0 spiro atoms. The Balaban J connectivity index is 2.54. The Morgan fingerprint density at radius 1 is 1.60 bits per heavy atom. The molecule has 0 aromatic carbocycles. The summed E-state index contributed by atoms with van der Waals surface area (Å²) in [5, 5.41) is 0. The van der Waals surface area contributed by atoms with Gasteiger partial charge in [-0.2, -0.15) is 0 Å². The van der Waals surface area contributed by atoms with Gasteiger partial charge in [-0.3, -0.25) is 0 Å². The molecule has 0 aliphatic rings. The quantitative estimate of drug-likeness (QED) is 0.374. The van der Waals surface area contributed by atoms with E-state index in [0.717, 1.165) is 0 Å². The van der Waals surface area contributed by atoms with E-state index >= 15 is 0 Å². The topological polar surface area (TPSA) is 9.23 Å². The first-order valence-electron chi connectivity index (χ1n) is 1.16. The third-order valence-electron chi connectivity index (χ3n) is 0.211. The molecule has 32 valence electrons. The zero-order chi connectivity index (χ0) is 4.28. The van der Waals surface area contributed by atoms with E-state index in [1.54, 1.807) is 7.11 Å². The Bertz CT molecular complexity index is 21.6. The number of thiol groups is 2. The normalized spacial score (nSPS) is 9.60. The Morgan fingerprint density at radius 2 is 1.80 bits per heavy atom. The summed E-state index contributed by atoms with van der Waals surface area (Å²) in [6.07, 6.45) is 0. The van der Waals surface area contributed by atoms with Crippen molar-refractivity contribution in [2.75, 3.05) is 7.11 Å². The largest absolute Gasteiger partial charge is 0.361 e. The zero-order valence-electron chi connectivity index (χ0n) is 2.88. The van der Waals surface area contributed by atoms with Gasteiger partial charge in [0.15, 0.2) is 0 Å². The highest BCUT2D eigenvalue weighted by Gasteiger charge is 1.80. The predicted octanol–water partition coefficient (Wildman–Crippen LogP) is 0.776. The molecule has 0 rings (SSSR count). The number of hydrogen-bond donors (Lipinski definition) is 2. The van der Waals surface area contributed by atoms with Gasteiger partial charge in [0.05, 0.1) is 0 Å². The minimum absolute atomic E-state index is 0.227. The van der Waals surface area contributed by atoms with Crippen molar-refractivity contribution >= 4 is 25.3 Å². The molecule has 0 saturated heterocycles. The molecule has 0 aromatic rings. The molecule has 0 amide bonds. The van der Waals surface area contributed by atoms with Gasteiger partial charge in [-0.1, -0.05) is 0 Å². The molecule has 0 aliphatic heterocycles. The van der Waals surface area contributed by atoms with Crippen LogP contribution in [0, 0.1) is 0 Å². The standard InChI is InChI=1S/C2H6OS2/c1-3-2(4)5/h2,4-5H,1H3. The molecule has 1 nitrogen and oxygen atoms in total. The van der Waals surface area contributed by atoms with Gasteiger partial charge in [-0.25, -0.2) is 0 Å². The van der Waals surface area contributed by atoms with Crippen LogP contribution in [0.25, 0.3) is 0 Å². The van der Waals surface area contributed by atoms with Crippen molar-refractivity contribution < 1.29 is 4.74 Å². The fourth-order valence-electron chi connectivity index (χ4n) is 0. The number of ether oxygens (including phenoxy) is 1. The molecule has 0 heterocycles. The molecule has 0 fully saturated rings. The molecular weight excluding hydrogens is 104 g/mol. The van der Waals surface area contributed by atoms with Gasteiger partial charge in [0, 0.05) is 7.11 Å². The molecule has 0 radical (unpaired) electrons. The van der Waals surface area contributed by atoms with Gasteiger partial charge in [0.25, 0.3) is 0 Å². The SMILES string of the molecule is COC(S)S. The Labute approximate surface area is 42.5 Å². The van der Waals surface area contributed by atoms with Gasteiger partial charge >= 0.3 is 0 Å². The highest BCUT2D eigenvalue weighted by atomic mass is 32.2. The van der Waals surface area contributed by atoms with E-state index in [9.17, 15) is 0 Å². The average Bonchev–Trinajstić information content (AvgIpc) is 1.38. The summed E-state index contributed by atoms with van der Waals surface area (Å²) in [4.78, 5) is 0. The van der Waals surface area contributed by atoms with E-state index in [1.807, 2.05) is 0 Å². The van der Waals surface area contributed by atoms with Crippen molar-refractivity contribution in [2.45, 2.75) is 4.77 Å². The van der Waals surface area contributed by atoms with Crippen LogP contribution in [0.4, 0.5) is 0 Å². The van der Waals surface area contributed by atoms with E-state index < -0.39 is 0 Å². The van der Waals surface area contributed by atoms with Crippen molar-refractivity contribution in [2.24, 2.45) is 0 Å². The van der Waals surface area contributed by atoms with Gasteiger partial charge in [0.1, 0.15) is 4.77 Å². The molecule has 3 heteroatoms. The number of hydrogen-bond acceptors (Lipinski definition) is 3. The monoisotopic (exact) mass is 110 g/mol. The van der Waals surface area contributed by atoms with E-state index in [2.05, 4.69) is 30.0 Å². The smallest absolute Gasteiger partial charge is 0.143 e. The second-order valence-corrected chi connectivity index (χ2v) is 1.91. The lowest BCUT2D eigenvalue weighted by molar-refractivity contribution is 0.238. The van der Waals surface area contributed by atoms with Crippen molar-refractivity contribution in [3.63, 3.8) is 0 Å². The van der Waals surface area contributed by atoms with Crippen LogP contribution in [0.3, 0.4) is 0 Å². The van der Waals surface area contributed by atoms with Crippen molar-refractivity contribution in [1.29, 1.82) is 0 Å². The lowest BCUT2D eigenvalue weighted by Gasteiger charge is -1.92. The van der Waals surface area contributed by atoms with E-state index in [0.29, 0.717) is 0 Å². The van der Waals surface area contributed by atoms with Crippen molar-refractivity contribution in [3.05, 3.63) is 0 Å². The lowest BCUT2D eigenvalue weighted by atomic mass is 11.5. The first-order valence-corrected chi connectivity index (χ1v) is 2.19. The first-order chi connectivity index (χ1) is 2.27. The highest BCUT2D eigenvalue weighted by Crippen LogP contribution is 1.96. The van der Waals surface area contributed by atoms with E-state index in [-0.39, 0.29) is 4.77 Å². The Morgan fingerprint density at radius 3 is 1.80 bits per heavy atom. The van der Waals surface area contributed by atoms with Crippen LogP contribution in [-0.4, -0.2) is 11.9 Å². The third-order valence-corrected chi connectivity index (χ3v) is 0.632. The maximum atomic E-state index is 4.48. The summed E-state index contributed by atoms with van der Waals surface area (Å²) in [5.74, 6) is 0. The summed E-state index contributed by atoms with van der Waals surface area (Å²) in [6.45, 7) is 0. The molecular formula is C2H6OS2. The third kappa shape index (κ3) is 4.66. The maximum absolute atomic E-state index is 4.48. The Hall–Kier alpha value is 0.660. The van der Waals surface area contributed by atoms with Crippen LogP contribution in [0.15, 0.2) is 0 Å². The van der Waals surface area contributed by atoms with Crippen LogP contribution >= 0.6 is 25.3 Å². The second kappa shape index (κ2) is 2.87. The van der Waals surface area contributed by atoms with E-state index in [1.165, 1.54) is 0 Å². The van der Waals surface area contributed by atoms with Crippen LogP contribution in [0.2, 0.25) is 0 Å². The van der Waals surface area contributed by atoms with E-state index in [4.69, 9.17) is 0 Å². The lowest BCUT2D eigenvalue weighted by Crippen LogP contribution is -1.85. The van der Waals surface area contributed by atoms with Crippen LogP contribution in [-0.2, 0) is 4.74 Å². The molecule has 0 bridgehead atoms. The summed E-state index contributed by atoms with van der Waals surface area (Å²) < 4.78 is 4.25. The van der Waals surface area contributed by atoms with Crippen LogP contribution < -0.4 is 0 Å². The zero-order valence-corrected chi connectivity index (χ0v) is 4.67. The summed E-state index contributed by atoms with van der Waals surface area (Å²) in [6, 6.07) is 0. The molecule has 5 heavy (non-hydrogen) atoms. The fraction of sp³-hybridized carbons (Fsp3) is 1.00. The van der Waals surface area contributed by atoms with Crippen LogP contribution in [0.1, 0.15) is 0 Å². The molecule has 0 aliphatic carbocycles. The fourth-order valence-corrected chi connectivity index (χ4v) is 0. The number of rotatable bonds is 1. The summed E-state index contributed by atoms with van der Waals surface area (Å²) in [7, 11) is 1.55. The summed E-state index contributed by atoms with van der Waals surface area (Å²) in [5.41, 5.74) is 0. The van der Waals surface area contributed by atoms with Crippen molar-refractivity contribution in [3.8, 4) is 0 Å². The maximum Gasteiger partial charge on any atom is 0.143 e. The van der Waals surface area contributed by atoms with Gasteiger partial charge in [-0.15, -0.1) is 25.3 Å². The molecule has 0 N–H and O–H groups in total. The van der Waals surface area contributed by atoms with Gasteiger partial charge in [-0.05, 0) is 0 Å². The minimum Gasteiger partial charge on any atom is -0.361 e. The molecule has 0 aromatic heterocycles. The second-order valence-electron chi connectivity index (χ2n) is 0.562. The minimum atomic E-state index is -0.227. The molecule has 0 atom stereocenters. The van der Waals surface area contributed by atoms with Crippen molar-refractivity contribution in [1.82, 2.24) is 0 Å². The van der Waals surface area contributed by atoms with Gasteiger partial charge < -0.3 is 4.74 Å². The highest BCUT2D eigenvalue weighted by molar-refractivity contribution is 7.98. The first kappa shape index (κ1) is 5.66. The Kier molecular flexibility index (Phi) is 3.25. The predicted molar refractivity (Wildman–Crippen MR) is 28.8 cm³/mol.